The van der Waals surface area contributed by atoms with Crippen LogP contribution in [0.3, 0.4) is 0 Å². The van der Waals surface area contributed by atoms with Gasteiger partial charge in [0.1, 0.15) is 12.7 Å². The van der Waals surface area contributed by atoms with Crippen molar-refractivity contribution in [2.24, 2.45) is 0 Å². The summed E-state index contributed by atoms with van der Waals surface area (Å²) >= 11 is 0. The average Bonchev–Trinajstić information content (AvgIpc) is 3.30. The Labute approximate surface area is 234 Å². The minimum Gasteiger partial charge on any atom is -0.475 e. The van der Waals surface area contributed by atoms with Gasteiger partial charge in [-0.15, -0.1) is 0 Å². The first kappa shape index (κ1) is 27.2. The predicted molar refractivity (Wildman–Crippen MR) is 144 cm³/mol. The number of nitrogens with zero attached hydrogens (tertiary/aromatic N) is 5. The Morgan fingerprint density at radius 3 is 2.85 bits per heavy atom. The molecule has 2 atom stereocenters. The van der Waals surface area contributed by atoms with Crippen molar-refractivity contribution < 1.29 is 32.2 Å². The first-order chi connectivity index (χ1) is 19.6. The van der Waals surface area contributed by atoms with Crippen molar-refractivity contribution in [3.05, 3.63) is 54.4 Å². The summed E-state index contributed by atoms with van der Waals surface area (Å²) in [5.74, 6) is 0.108. The summed E-state index contributed by atoms with van der Waals surface area (Å²) in [6.45, 7) is 5.69. The van der Waals surface area contributed by atoms with E-state index in [9.17, 15) is 18.0 Å². The summed E-state index contributed by atoms with van der Waals surface area (Å²) < 4.78 is 57.1. The second kappa shape index (κ2) is 10.5. The molecule has 41 heavy (non-hydrogen) atoms. The molecule has 2 bridgehead atoms. The van der Waals surface area contributed by atoms with E-state index in [0.717, 1.165) is 31.5 Å². The van der Waals surface area contributed by atoms with Crippen molar-refractivity contribution in [3.63, 3.8) is 0 Å². The Kier molecular flexibility index (Phi) is 6.94. The summed E-state index contributed by atoms with van der Waals surface area (Å²) in [7, 11) is 0. The van der Waals surface area contributed by atoms with Crippen LogP contribution in [0.1, 0.15) is 32.3 Å². The molecule has 0 aliphatic carbocycles. The number of alkyl halides is 3. The molecule has 6 rings (SSSR count). The molecule has 0 saturated carbocycles. The van der Waals surface area contributed by atoms with Gasteiger partial charge in [0.25, 0.3) is 0 Å². The van der Waals surface area contributed by atoms with E-state index in [1.165, 1.54) is 18.3 Å². The molecule has 3 aliphatic rings. The van der Waals surface area contributed by atoms with E-state index in [-0.39, 0.29) is 30.1 Å². The fourth-order valence-electron chi connectivity index (χ4n) is 5.33. The van der Waals surface area contributed by atoms with E-state index in [1.54, 1.807) is 23.2 Å². The molecule has 3 aliphatic heterocycles. The van der Waals surface area contributed by atoms with Gasteiger partial charge in [-0.3, -0.25) is 4.90 Å². The highest BCUT2D eigenvalue weighted by Crippen LogP contribution is 2.39. The van der Waals surface area contributed by atoms with Crippen molar-refractivity contribution in [2.75, 3.05) is 41.4 Å². The van der Waals surface area contributed by atoms with E-state index >= 15 is 0 Å². The van der Waals surface area contributed by atoms with Gasteiger partial charge in [0, 0.05) is 36.6 Å². The lowest BCUT2D eigenvalue weighted by molar-refractivity contribution is -0.141. The quantitative estimate of drug-likeness (QED) is 0.452. The molecule has 1 unspecified atom stereocenters. The number of fused-ring (bicyclic) bond motifs is 4. The van der Waals surface area contributed by atoms with Crippen LogP contribution in [0.4, 0.5) is 35.2 Å². The van der Waals surface area contributed by atoms with Gasteiger partial charge >= 0.3 is 12.2 Å². The van der Waals surface area contributed by atoms with E-state index in [0.29, 0.717) is 36.2 Å². The molecule has 2 saturated heterocycles. The van der Waals surface area contributed by atoms with E-state index in [4.69, 9.17) is 14.2 Å². The average molecular weight is 571 g/mol. The van der Waals surface area contributed by atoms with Crippen molar-refractivity contribution in [3.8, 4) is 17.3 Å². The van der Waals surface area contributed by atoms with Gasteiger partial charge in [-0.2, -0.15) is 13.2 Å². The molecule has 10 nitrogen and oxygen atoms in total. The van der Waals surface area contributed by atoms with E-state index in [2.05, 4.69) is 25.2 Å². The number of nitrogens with one attached hydrogen (secondary N) is 1. The van der Waals surface area contributed by atoms with Crippen molar-refractivity contribution in [2.45, 2.75) is 50.8 Å². The normalized spacial score (nSPS) is 21.4. The Hall–Kier alpha value is -3.97. The number of aromatic nitrogens is 3. The van der Waals surface area contributed by atoms with Gasteiger partial charge in [-0.1, -0.05) is 12.1 Å². The van der Waals surface area contributed by atoms with Gasteiger partial charge in [-0.05, 0) is 44.9 Å². The van der Waals surface area contributed by atoms with Crippen LogP contribution in [0.2, 0.25) is 0 Å². The number of urea groups is 1. The minimum atomic E-state index is -4.50. The Morgan fingerprint density at radius 1 is 1.22 bits per heavy atom. The number of pyridine rings is 1. The zero-order valence-corrected chi connectivity index (χ0v) is 22.5. The van der Waals surface area contributed by atoms with Crippen LogP contribution in [0.5, 0.6) is 5.88 Å². The fourth-order valence-corrected chi connectivity index (χ4v) is 5.33. The highest BCUT2D eigenvalue weighted by molar-refractivity contribution is 6.04. The number of ether oxygens (including phenoxy) is 3. The molecule has 1 N–H and O–H groups in total. The summed E-state index contributed by atoms with van der Waals surface area (Å²) in [5.41, 5.74) is 0.547. The van der Waals surface area contributed by atoms with Crippen LogP contribution in [0.25, 0.3) is 11.4 Å². The lowest BCUT2D eigenvalue weighted by Crippen LogP contribution is -2.56. The number of hydrogen-bond donors (Lipinski definition) is 1. The molecular weight excluding hydrogens is 541 g/mol. The molecular formula is C28H29F3N6O4. The molecule has 13 heteroatoms. The molecule has 2 fully saturated rings. The predicted octanol–water partition coefficient (Wildman–Crippen LogP) is 5.11. The van der Waals surface area contributed by atoms with Crippen LogP contribution in [-0.2, 0) is 15.7 Å². The van der Waals surface area contributed by atoms with Crippen molar-refractivity contribution in [1.29, 1.82) is 0 Å². The number of carbonyl (C=O) groups is 1. The standard InChI is InChI=1S/C28H29F3N6O4/c1-27(2)40-16-21(41-27)15-39-23-12-19(8-9-32-23)34-26(38)37-20-7-4-10-36(14-20)22-13-33-24(35-25(22)37)17-5-3-6-18(11-17)28(29,30)31/h3,5-6,8-9,11-13,20-21H,4,7,10,14-16H2,1-2H3,(H,32,34,38)/t20?,21-/m0/s1. The SMILES string of the molecule is CC1(C)OC[C@H](COc2cc(NC(=O)N3c4nc(-c5cccc(C(F)(F)F)c5)ncc4N4CCCC3C4)ccn2)O1. The number of benzene rings is 1. The first-order valence-electron chi connectivity index (χ1n) is 13.4. The maximum absolute atomic E-state index is 13.7. The molecule has 216 valence electrons. The first-order valence-corrected chi connectivity index (χ1v) is 13.4. The van der Waals surface area contributed by atoms with E-state index in [1.807, 2.05) is 13.8 Å². The third-order valence-electron chi connectivity index (χ3n) is 7.22. The second-order valence-electron chi connectivity index (χ2n) is 10.7. The number of hydrogen-bond acceptors (Lipinski definition) is 8. The van der Waals surface area contributed by atoms with Gasteiger partial charge < -0.3 is 24.4 Å². The Morgan fingerprint density at radius 2 is 2.07 bits per heavy atom. The number of carbonyl (C=O) groups excluding carboxylic acids is 1. The smallest absolute Gasteiger partial charge is 0.416 e. The Balaban J connectivity index is 1.24. The topological polar surface area (TPSA) is 102 Å². The number of rotatable bonds is 5. The van der Waals surface area contributed by atoms with Crippen LogP contribution in [-0.4, -0.2) is 65.2 Å². The largest absolute Gasteiger partial charge is 0.475 e. The maximum Gasteiger partial charge on any atom is 0.416 e. The Bertz CT molecular complexity index is 1450. The van der Waals surface area contributed by atoms with Gasteiger partial charge in [0.2, 0.25) is 5.88 Å². The third kappa shape index (κ3) is 5.77. The molecule has 0 spiro atoms. The van der Waals surface area contributed by atoms with Crippen LogP contribution in [0, 0.1) is 0 Å². The molecule has 0 radical (unpaired) electrons. The summed E-state index contributed by atoms with van der Waals surface area (Å²) in [6, 6.07) is 7.53. The maximum atomic E-state index is 13.7. The summed E-state index contributed by atoms with van der Waals surface area (Å²) in [6.07, 6.45) is 0.00221. The van der Waals surface area contributed by atoms with Crippen molar-refractivity contribution in [1.82, 2.24) is 15.0 Å². The number of halogens is 3. The highest BCUT2D eigenvalue weighted by atomic mass is 19.4. The zero-order chi connectivity index (χ0) is 28.8. The molecule has 3 aromatic rings. The molecule has 5 heterocycles. The van der Waals surface area contributed by atoms with Gasteiger partial charge in [-0.25, -0.2) is 19.7 Å². The lowest BCUT2D eigenvalue weighted by Gasteiger charge is -2.45. The van der Waals surface area contributed by atoms with Crippen LogP contribution in [0.15, 0.2) is 48.8 Å². The summed E-state index contributed by atoms with van der Waals surface area (Å²) in [5, 5.41) is 2.91. The number of amides is 2. The fraction of sp³-hybridized carbons (Fsp3) is 0.429. The zero-order valence-electron chi connectivity index (χ0n) is 22.5. The second-order valence-corrected chi connectivity index (χ2v) is 10.7. The molecule has 1 aromatic carbocycles. The number of anilines is 3. The van der Waals surface area contributed by atoms with Gasteiger partial charge in [0.05, 0.1) is 30.1 Å². The number of piperidine rings is 1. The van der Waals surface area contributed by atoms with Crippen LogP contribution >= 0.6 is 0 Å². The molecule has 2 amide bonds. The minimum absolute atomic E-state index is 0.106. The monoisotopic (exact) mass is 570 g/mol. The third-order valence-corrected chi connectivity index (χ3v) is 7.22. The van der Waals surface area contributed by atoms with Gasteiger partial charge in [0.15, 0.2) is 17.4 Å². The molecule has 2 aromatic heterocycles. The van der Waals surface area contributed by atoms with E-state index < -0.39 is 23.6 Å². The summed E-state index contributed by atoms with van der Waals surface area (Å²) in [4.78, 5) is 30.6. The highest BCUT2D eigenvalue weighted by Gasteiger charge is 2.39. The lowest BCUT2D eigenvalue weighted by atomic mass is 10.0. The van der Waals surface area contributed by atoms with Crippen molar-refractivity contribution >= 4 is 23.2 Å². The van der Waals surface area contributed by atoms with Crippen LogP contribution < -0.4 is 19.9 Å².